The number of nitrogens with one attached hydrogen (secondary N) is 1. The molecule has 0 aromatic heterocycles. The monoisotopic (exact) mass is 229 g/mol. The Labute approximate surface area is 92.1 Å². The van der Waals surface area contributed by atoms with Gasteiger partial charge in [-0.25, -0.2) is 8.78 Å². The van der Waals surface area contributed by atoms with Gasteiger partial charge in [0, 0.05) is 12.5 Å². The summed E-state index contributed by atoms with van der Waals surface area (Å²) < 4.78 is 25.8. The fourth-order valence-electron chi connectivity index (χ4n) is 1.40. The number of carboxylic acids is 1. The predicted octanol–water partition coefficient (Wildman–Crippen LogP) is 2.14. The molecule has 2 N–H and O–H groups in total. The van der Waals surface area contributed by atoms with Gasteiger partial charge in [0.2, 0.25) is 0 Å². The largest absolute Gasteiger partial charge is 0.480 e. The van der Waals surface area contributed by atoms with Crippen molar-refractivity contribution in [3.8, 4) is 0 Å². The molecule has 0 radical (unpaired) electrons. The lowest BCUT2D eigenvalue weighted by Crippen LogP contribution is -2.25. The Kier molecular flexibility index (Phi) is 3.59. The van der Waals surface area contributed by atoms with Gasteiger partial charge in [-0.1, -0.05) is 24.3 Å². The Morgan fingerprint density at radius 3 is 2.19 bits per heavy atom. The number of halogens is 2. The minimum absolute atomic E-state index is 0.128. The van der Waals surface area contributed by atoms with Crippen LogP contribution in [0.15, 0.2) is 24.3 Å². The molecule has 0 aliphatic rings. The smallest absolute Gasteiger partial charge is 0.325 e. The molecular formula is C11H13F2NO2. The zero-order valence-corrected chi connectivity index (χ0v) is 9.00. The van der Waals surface area contributed by atoms with Gasteiger partial charge in [-0.2, -0.15) is 0 Å². The van der Waals surface area contributed by atoms with Crippen molar-refractivity contribution >= 4 is 5.97 Å². The van der Waals surface area contributed by atoms with Crippen LogP contribution in [0, 0.1) is 0 Å². The van der Waals surface area contributed by atoms with E-state index in [-0.39, 0.29) is 5.56 Å². The van der Waals surface area contributed by atoms with E-state index in [0.717, 1.165) is 6.92 Å². The van der Waals surface area contributed by atoms with Gasteiger partial charge in [-0.15, -0.1) is 0 Å². The molecule has 0 heterocycles. The number of benzene rings is 1. The van der Waals surface area contributed by atoms with Crippen LogP contribution < -0.4 is 5.32 Å². The van der Waals surface area contributed by atoms with Gasteiger partial charge in [0.1, 0.15) is 6.04 Å². The zero-order chi connectivity index (χ0) is 12.3. The van der Waals surface area contributed by atoms with Gasteiger partial charge in [0.25, 0.3) is 5.92 Å². The van der Waals surface area contributed by atoms with Gasteiger partial charge >= 0.3 is 5.97 Å². The molecule has 0 saturated heterocycles. The van der Waals surface area contributed by atoms with Crippen molar-refractivity contribution in [1.29, 1.82) is 0 Å². The van der Waals surface area contributed by atoms with Crippen LogP contribution in [0.1, 0.15) is 24.1 Å². The van der Waals surface area contributed by atoms with Crippen LogP contribution in [-0.2, 0) is 10.7 Å². The molecule has 1 aromatic rings. The van der Waals surface area contributed by atoms with Crippen molar-refractivity contribution in [2.75, 3.05) is 7.05 Å². The number of rotatable bonds is 4. The van der Waals surface area contributed by atoms with E-state index in [2.05, 4.69) is 5.32 Å². The molecule has 0 saturated carbocycles. The molecule has 1 atom stereocenters. The lowest BCUT2D eigenvalue weighted by molar-refractivity contribution is -0.139. The molecular weight excluding hydrogens is 216 g/mol. The number of hydrogen-bond donors (Lipinski definition) is 2. The molecule has 0 fully saturated rings. The van der Waals surface area contributed by atoms with Gasteiger partial charge in [-0.3, -0.25) is 4.79 Å². The van der Waals surface area contributed by atoms with E-state index in [1.807, 2.05) is 0 Å². The first-order valence-corrected chi connectivity index (χ1v) is 4.74. The van der Waals surface area contributed by atoms with Crippen LogP contribution >= 0.6 is 0 Å². The fraction of sp³-hybridized carbons (Fsp3) is 0.364. The second-order valence-corrected chi connectivity index (χ2v) is 3.57. The first kappa shape index (κ1) is 12.6. The minimum atomic E-state index is -2.91. The summed E-state index contributed by atoms with van der Waals surface area (Å²) in [6, 6.07) is 4.38. The van der Waals surface area contributed by atoms with Gasteiger partial charge in [0.05, 0.1) is 0 Å². The Balaban J connectivity index is 2.98. The molecule has 88 valence electrons. The molecule has 5 heteroatoms. The molecule has 0 aliphatic heterocycles. The molecule has 0 bridgehead atoms. The maximum Gasteiger partial charge on any atom is 0.325 e. The Bertz CT molecular complexity index is 371. The van der Waals surface area contributed by atoms with Crippen LogP contribution in [0.2, 0.25) is 0 Å². The number of aliphatic carboxylic acids is 1. The second-order valence-electron chi connectivity index (χ2n) is 3.57. The standard InChI is InChI=1S/C11H13F2NO2/c1-11(12,13)8-5-3-7(4-6-8)9(14-2)10(15)16/h3-6,9,14H,1-2H3,(H,15,16). The lowest BCUT2D eigenvalue weighted by Gasteiger charge is -2.14. The lowest BCUT2D eigenvalue weighted by atomic mass is 10.0. The number of carboxylic acid groups (broad SMARTS) is 1. The Morgan fingerprint density at radius 2 is 1.88 bits per heavy atom. The number of hydrogen-bond acceptors (Lipinski definition) is 2. The average Bonchev–Trinajstić information content (AvgIpc) is 2.17. The number of alkyl halides is 2. The first-order chi connectivity index (χ1) is 7.36. The van der Waals surface area contributed by atoms with Crippen molar-refractivity contribution in [1.82, 2.24) is 5.32 Å². The average molecular weight is 229 g/mol. The van der Waals surface area contributed by atoms with Crippen LogP contribution in [-0.4, -0.2) is 18.1 Å². The van der Waals surface area contributed by atoms with Gasteiger partial charge in [0.15, 0.2) is 0 Å². The van der Waals surface area contributed by atoms with E-state index in [1.54, 1.807) is 0 Å². The summed E-state index contributed by atoms with van der Waals surface area (Å²) in [5.74, 6) is -3.95. The predicted molar refractivity (Wildman–Crippen MR) is 55.4 cm³/mol. The van der Waals surface area contributed by atoms with Crippen LogP contribution in [0.4, 0.5) is 8.78 Å². The number of likely N-dealkylation sites (N-methyl/N-ethyl adjacent to an activating group) is 1. The van der Waals surface area contributed by atoms with E-state index < -0.39 is 17.9 Å². The highest BCUT2D eigenvalue weighted by atomic mass is 19.3. The van der Waals surface area contributed by atoms with Crippen molar-refractivity contribution in [2.24, 2.45) is 0 Å². The number of carbonyl (C=O) groups is 1. The Morgan fingerprint density at radius 1 is 1.38 bits per heavy atom. The molecule has 1 unspecified atom stereocenters. The summed E-state index contributed by atoms with van der Waals surface area (Å²) >= 11 is 0. The summed E-state index contributed by atoms with van der Waals surface area (Å²) in [6.07, 6.45) is 0. The third-order valence-electron chi connectivity index (χ3n) is 2.29. The first-order valence-electron chi connectivity index (χ1n) is 4.74. The van der Waals surface area contributed by atoms with Crippen LogP contribution in [0.25, 0.3) is 0 Å². The highest BCUT2D eigenvalue weighted by molar-refractivity contribution is 5.75. The van der Waals surface area contributed by atoms with Crippen molar-refractivity contribution in [2.45, 2.75) is 18.9 Å². The summed E-state index contributed by atoms with van der Waals surface area (Å²) in [5, 5.41) is 11.4. The fourth-order valence-corrected chi connectivity index (χ4v) is 1.40. The van der Waals surface area contributed by atoms with E-state index in [4.69, 9.17) is 5.11 Å². The zero-order valence-electron chi connectivity index (χ0n) is 9.00. The summed E-state index contributed by atoms with van der Waals surface area (Å²) in [5.41, 5.74) is 0.319. The molecule has 1 aromatic carbocycles. The third kappa shape index (κ3) is 2.76. The summed E-state index contributed by atoms with van der Waals surface area (Å²) in [4.78, 5) is 10.8. The van der Waals surface area contributed by atoms with Gasteiger partial charge in [-0.05, 0) is 12.6 Å². The molecule has 0 spiro atoms. The molecule has 3 nitrogen and oxygen atoms in total. The van der Waals surface area contributed by atoms with E-state index >= 15 is 0 Å². The summed E-state index contributed by atoms with van der Waals surface area (Å²) in [7, 11) is 1.50. The molecule has 1 rings (SSSR count). The highest BCUT2D eigenvalue weighted by Crippen LogP contribution is 2.27. The third-order valence-corrected chi connectivity index (χ3v) is 2.29. The van der Waals surface area contributed by atoms with E-state index in [1.165, 1.54) is 31.3 Å². The van der Waals surface area contributed by atoms with Crippen molar-refractivity contribution in [3.63, 3.8) is 0 Å². The van der Waals surface area contributed by atoms with Crippen LogP contribution in [0.5, 0.6) is 0 Å². The quantitative estimate of drug-likeness (QED) is 0.831. The second kappa shape index (κ2) is 4.57. The van der Waals surface area contributed by atoms with Crippen LogP contribution in [0.3, 0.4) is 0 Å². The maximum atomic E-state index is 12.9. The highest BCUT2D eigenvalue weighted by Gasteiger charge is 2.25. The van der Waals surface area contributed by atoms with E-state index in [0.29, 0.717) is 5.56 Å². The van der Waals surface area contributed by atoms with E-state index in [9.17, 15) is 13.6 Å². The van der Waals surface area contributed by atoms with Gasteiger partial charge < -0.3 is 10.4 Å². The van der Waals surface area contributed by atoms with Crippen molar-refractivity contribution < 1.29 is 18.7 Å². The summed E-state index contributed by atoms with van der Waals surface area (Å²) in [6.45, 7) is 0.800. The normalized spacial score (nSPS) is 13.5. The Hall–Kier alpha value is -1.49. The minimum Gasteiger partial charge on any atom is -0.480 e. The molecule has 16 heavy (non-hydrogen) atoms. The SMILES string of the molecule is CNC(C(=O)O)c1ccc(C(C)(F)F)cc1. The maximum absolute atomic E-state index is 12.9. The molecule has 0 aliphatic carbocycles. The van der Waals surface area contributed by atoms with Crippen molar-refractivity contribution in [3.05, 3.63) is 35.4 Å². The molecule has 0 amide bonds. The topological polar surface area (TPSA) is 49.3 Å².